The Balaban J connectivity index is 2.02. The van der Waals surface area contributed by atoms with Crippen LogP contribution in [0.4, 0.5) is 0 Å². The summed E-state index contributed by atoms with van der Waals surface area (Å²) in [5, 5.41) is 13.9. The fraction of sp³-hybridized carbons (Fsp3) is 0.462. The first-order chi connectivity index (χ1) is 8.70. The number of methoxy groups -OCH3 is 1. The molecule has 0 aliphatic rings. The molecule has 1 heterocycles. The number of tetrazole rings is 1. The van der Waals surface area contributed by atoms with E-state index in [0.29, 0.717) is 0 Å². The van der Waals surface area contributed by atoms with Crippen LogP contribution >= 0.6 is 0 Å². The number of nitrogens with one attached hydrogen (secondary N) is 1. The number of nitrogens with zero attached hydrogens (tertiary/aromatic N) is 3. The highest BCUT2D eigenvalue weighted by atomic mass is 16.5. The van der Waals surface area contributed by atoms with Gasteiger partial charge < -0.3 is 4.74 Å². The molecular weight excluding hydrogens is 228 g/mol. The second-order valence-corrected chi connectivity index (χ2v) is 4.43. The molecule has 0 amide bonds. The van der Waals surface area contributed by atoms with Gasteiger partial charge in [0.15, 0.2) is 5.82 Å². The van der Waals surface area contributed by atoms with Gasteiger partial charge in [-0.05, 0) is 49.4 Å². The van der Waals surface area contributed by atoms with Crippen LogP contribution in [0, 0.1) is 13.8 Å². The van der Waals surface area contributed by atoms with E-state index in [1.165, 1.54) is 16.7 Å². The highest BCUT2D eigenvalue weighted by Gasteiger charge is 2.06. The molecule has 5 heteroatoms. The lowest BCUT2D eigenvalue weighted by Gasteiger charge is -2.11. The minimum absolute atomic E-state index is 0.762. The first-order valence-corrected chi connectivity index (χ1v) is 6.07. The minimum atomic E-state index is 0.762. The number of rotatable bonds is 5. The van der Waals surface area contributed by atoms with Gasteiger partial charge in [-0.2, -0.15) is 5.21 Å². The van der Waals surface area contributed by atoms with Crippen LogP contribution < -0.4 is 4.74 Å². The van der Waals surface area contributed by atoms with Gasteiger partial charge in [0.25, 0.3) is 0 Å². The second kappa shape index (κ2) is 5.62. The standard InChI is InChI=1S/C13H18N4O/c1-9-7-11(12(18-3)8-10(9)2)5-4-6-13-14-16-17-15-13/h7-8H,4-6H2,1-3H3,(H,14,15,16,17). The summed E-state index contributed by atoms with van der Waals surface area (Å²) in [6, 6.07) is 4.30. The SMILES string of the molecule is COc1cc(C)c(C)cc1CCCc1nn[nH]n1. The molecule has 0 atom stereocenters. The topological polar surface area (TPSA) is 63.7 Å². The van der Waals surface area contributed by atoms with Crippen molar-refractivity contribution in [3.8, 4) is 5.75 Å². The average molecular weight is 246 g/mol. The van der Waals surface area contributed by atoms with Crippen molar-refractivity contribution in [3.05, 3.63) is 34.6 Å². The number of hydrogen-bond acceptors (Lipinski definition) is 4. The maximum atomic E-state index is 5.42. The third-order valence-corrected chi connectivity index (χ3v) is 3.13. The summed E-state index contributed by atoms with van der Waals surface area (Å²) in [6.45, 7) is 4.22. The average Bonchev–Trinajstić information content (AvgIpc) is 2.86. The number of aryl methyl sites for hydroxylation is 4. The van der Waals surface area contributed by atoms with Gasteiger partial charge in [-0.1, -0.05) is 11.3 Å². The monoisotopic (exact) mass is 246 g/mol. The summed E-state index contributed by atoms with van der Waals surface area (Å²) < 4.78 is 5.42. The smallest absolute Gasteiger partial charge is 0.174 e. The van der Waals surface area contributed by atoms with E-state index in [9.17, 15) is 0 Å². The van der Waals surface area contributed by atoms with Crippen molar-refractivity contribution in [2.24, 2.45) is 0 Å². The molecule has 2 aromatic rings. The lowest BCUT2D eigenvalue weighted by Crippen LogP contribution is -1.97. The molecule has 18 heavy (non-hydrogen) atoms. The summed E-state index contributed by atoms with van der Waals surface area (Å²) >= 11 is 0. The molecule has 0 radical (unpaired) electrons. The Hall–Kier alpha value is -1.91. The molecule has 2 rings (SSSR count). The number of aromatic amines is 1. The van der Waals surface area contributed by atoms with Crippen molar-refractivity contribution in [1.29, 1.82) is 0 Å². The molecule has 0 saturated heterocycles. The maximum Gasteiger partial charge on any atom is 0.174 e. The van der Waals surface area contributed by atoms with Crippen LogP contribution in [-0.4, -0.2) is 27.7 Å². The predicted octanol–water partition coefficient (Wildman–Crippen LogP) is 2.00. The Bertz CT molecular complexity index is 508. The van der Waals surface area contributed by atoms with Crippen LogP contribution in [0.3, 0.4) is 0 Å². The molecule has 0 unspecified atom stereocenters. The quantitative estimate of drug-likeness (QED) is 0.876. The van der Waals surface area contributed by atoms with Crippen LogP contribution in [0.2, 0.25) is 0 Å². The van der Waals surface area contributed by atoms with E-state index < -0.39 is 0 Å². The molecule has 0 aliphatic carbocycles. The van der Waals surface area contributed by atoms with Crippen LogP contribution in [0.25, 0.3) is 0 Å². The van der Waals surface area contributed by atoms with Crippen molar-refractivity contribution in [2.45, 2.75) is 33.1 Å². The molecule has 0 aliphatic heterocycles. The van der Waals surface area contributed by atoms with E-state index >= 15 is 0 Å². The number of hydrogen-bond donors (Lipinski definition) is 1. The molecular formula is C13H18N4O. The van der Waals surface area contributed by atoms with Gasteiger partial charge in [0.1, 0.15) is 5.75 Å². The van der Waals surface area contributed by atoms with Crippen molar-refractivity contribution in [3.63, 3.8) is 0 Å². The van der Waals surface area contributed by atoms with E-state index in [0.717, 1.165) is 30.8 Å². The van der Waals surface area contributed by atoms with E-state index in [1.54, 1.807) is 7.11 Å². The molecule has 0 bridgehead atoms. The summed E-state index contributed by atoms with van der Waals surface area (Å²) in [4.78, 5) is 0. The first kappa shape index (κ1) is 12.5. The number of aromatic nitrogens is 4. The Morgan fingerprint density at radius 1 is 1.17 bits per heavy atom. The zero-order valence-corrected chi connectivity index (χ0v) is 11.0. The van der Waals surface area contributed by atoms with Gasteiger partial charge in [-0.3, -0.25) is 0 Å². The summed E-state index contributed by atoms with van der Waals surface area (Å²) in [6.07, 6.45) is 2.77. The van der Waals surface area contributed by atoms with Crippen LogP contribution in [-0.2, 0) is 12.8 Å². The van der Waals surface area contributed by atoms with Crippen molar-refractivity contribution >= 4 is 0 Å². The maximum absolute atomic E-state index is 5.42. The van der Waals surface area contributed by atoms with E-state index in [4.69, 9.17) is 4.74 Å². The third-order valence-electron chi connectivity index (χ3n) is 3.13. The normalized spacial score (nSPS) is 10.6. The largest absolute Gasteiger partial charge is 0.496 e. The Morgan fingerprint density at radius 3 is 2.61 bits per heavy atom. The molecule has 1 aromatic carbocycles. The Morgan fingerprint density at radius 2 is 1.94 bits per heavy atom. The summed E-state index contributed by atoms with van der Waals surface area (Å²) in [5.74, 6) is 1.73. The Kier molecular flexibility index (Phi) is 3.92. The second-order valence-electron chi connectivity index (χ2n) is 4.43. The zero-order valence-electron chi connectivity index (χ0n) is 11.0. The zero-order chi connectivity index (χ0) is 13.0. The highest BCUT2D eigenvalue weighted by Crippen LogP contribution is 2.24. The molecule has 1 N–H and O–H groups in total. The van der Waals surface area contributed by atoms with Gasteiger partial charge in [0, 0.05) is 6.42 Å². The van der Waals surface area contributed by atoms with Crippen molar-refractivity contribution < 1.29 is 4.74 Å². The fourth-order valence-corrected chi connectivity index (χ4v) is 1.96. The lowest BCUT2D eigenvalue weighted by molar-refractivity contribution is 0.408. The first-order valence-electron chi connectivity index (χ1n) is 6.07. The van der Waals surface area contributed by atoms with E-state index in [-0.39, 0.29) is 0 Å². The molecule has 1 aromatic heterocycles. The van der Waals surface area contributed by atoms with Gasteiger partial charge in [-0.15, -0.1) is 10.2 Å². The lowest BCUT2D eigenvalue weighted by atomic mass is 10.0. The molecule has 0 spiro atoms. The predicted molar refractivity (Wildman–Crippen MR) is 68.7 cm³/mol. The van der Waals surface area contributed by atoms with Gasteiger partial charge in [-0.25, -0.2) is 0 Å². The molecule has 96 valence electrons. The Labute approximate surface area is 107 Å². The van der Waals surface area contributed by atoms with E-state index in [1.807, 2.05) is 0 Å². The summed E-state index contributed by atoms with van der Waals surface area (Å²) in [5.41, 5.74) is 3.79. The van der Waals surface area contributed by atoms with E-state index in [2.05, 4.69) is 46.6 Å². The molecule has 5 nitrogen and oxygen atoms in total. The van der Waals surface area contributed by atoms with Gasteiger partial charge in [0.05, 0.1) is 7.11 Å². The summed E-state index contributed by atoms with van der Waals surface area (Å²) in [7, 11) is 1.72. The fourth-order valence-electron chi connectivity index (χ4n) is 1.96. The number of ether oxygens (including phenoxy) is 1. The highest BCUT2D eigenvalue weighted by molar-refractivity contribution is 5.41. The van der Waals surface area contributed by atoms with Crippen molar-refractivity contribution in [1.82, 2.24) is 20.6 Å². The molecule has 0 fully saturated rings. The third kappa shape index (κ3) is 2.85. The van der Waals surface area contributed by atoms with Crippen LogP contribution in [0.5, 0.6) is 5.75 Å². The van der Waals surface area contributed by atoms with Gasteiger partial charge in [0.2, 0.25) is 0 Å². The number of H-pyrrole nitrogens is 1. The van der Waals surface area contributed by atoms with Gasteiger partial charge >= 0.3 is 0 Å². The molecule has 0 saturated carbocycles. The van der Waals surface area contributed by atoms with Crippen LogP contribution in [0.15, 0.2) is 12.1 Å². The minimum Gasteiger partial charge on any atom is -0.496 e. The van der Waals surface area contributed by atoms with Crippen LogP contribution in [0.1, 0.15) is 28.9 Å². The van der Waals surface area contributed by atoms with Crippen molar-refractivity contribution in [2.75, 3.05) is 7.11 Å². The number of benzene rings is 1.